The summed E-state index contributed by atoms with van der Waals surface area (Å²) in [7, 11) is 0. The quantitative estimate of drug-likeness (QED) is 0.779. The molecular weight excluding hydrogens is 252 g/mol. The molecular formula is C16H30N2S. The molecule has 3 heteroatoms. The van der Waals surface area contributed by atoms with Gasteiger partial charge in [-0.05, 0) is 65.3 Å². The van der Waals surface area contributed by atoms with Crippen LogP contribution in [0, 0.1) is 0 Å². The van der Waals surface area contributed by atoms with Gasteiger partial charge in [0.15, 0.2) is 0 Å². The minimum atomic E-state index is 0.772. The van der Waals surface area contributed by atoms with Crippen molar-refractivity contribution in [2.24, 2.45) is 0 Å². The average molecular weight is 282 g/mol. The number of allylic oxidation sites excluding steroid dienone is 1. The molecule has 2 unspecified atom stereocenters. The summed E-state index contributed by atoms with van der Waals surface area (Å²) in [5, 5.41) is 4.82. The van der Waals surface area contributed by atoms with Crippen molar-refractivity contribution in [1.29, 1.82) is 0 Å². The highest BCUT2D eigenvalue weighted by atomic mass is 32.2. The minimum absolute atomic E-state index is 0.772. The maximum absolute atomic E-state index is 3.91. The van der Waals surface area contributed by atoms with Crippen molar-refractivity contribution in [1.82, 2.24) is 10.2 Å². The fourth-order valence-corrected chi connectivity index (χ4v) is 4.03. The number of hydrogen-bond acceptors (Lipinski definition) is 3. The third kappa shape index (κ3) is 5.13. The zero-order valence-corrected chi connectivity index (χ0v) is 13.6. The van der Waals surface area contributed by atoms with Crippen LogP contribution in [-0.4, -0.2) is 48.1 Å². The van der Waals surface area contributed by atoms with Crippen molar-refractivity contribution in [2.45, 2.75) is 63.3 Å². The van der Waals surface area contributed by atoms with E-state index in [1.165, 1.54) is 50.8 Å². The van der Waals surface area contributed by atoms with Gasteiger partial charge in [-0.25, -0.2) is 0 Å². The molecule has 0 radical (unpaired) electrons. The number of piperidine rings is 1. The Morgan fingerprint density at radius 3 is 2.47 bits per heavy atom. The van der Waals surface area contributed by atoms with Crippen LogP contribution in [0.3, 0.4) is 0 Å². The van der Waals surface area contributed by atoms with Gasteiger partial charge < -0.3 is 5.32 Å². The predicted molar refractivity (Wildman–Crippen MR) is 87.0 cm³/mol. The Bertz CT molecular complexity index is 291. The maximum Gasteiger partial charge on any atom is 0.0165 e. The van der Waals surface area contributed by atoms with Crippen molar-refractivity contribution in [3.05, 3.63) is 11.6 Å². The molecule has 1 aliphatic carbocycles. The fraction of sp³-hybridized carbons (Fsp3) is 0.875. The molecule has 2 atom stereocenters. The van der Waals surface area contributed by atoms with Gasteiger partial charge in [-0.3, -0.25) is 4.90 Å². The third-order valence-electron chi connectivity index (χ3n) is 4.53. The van der Waals surface area contributed by atoms with Gasteiger partial charge in [-0.1, -0.05) is 11.6 Å². The molecule has 2 aliphatic rings. The Balaban J connectivity index is 1.65. The largest absolute Gasteiger partial charge is 0.311 e. The van der Waals surface area contributed by atoms with Gasteiger partial charge in [0.1, 0.15) is 0 Å². The van der Waals surface area contributed by atoms with Crippen molar-refractivity contribution in [2.75, 3.05) is 25.9 Å². The van der Waals surface area contributed by atoms with Crippen LogP contribution < -0.4 is 5.32 Å². The zero-order valence-electron chi connectivity index (χ0n) is 12.8. The second kappa shape index (κ2) is 7.70. The Morgan fingerprint density at radius 2 is 1.89 bits per heavy atom. The number of nitrogens with one attached hydrogen (secondary N) is 1. The first-order valence-electron chi connectivity index (χ1n) is 7.82. The summed E-state index contributed by atoms with van der Waals surface area (Å²) in [5.41, 5.74) is 1.44. The van der Waals surface area contributed by atoms with Crippen LogP contribution in [0.15, 0.2) is 11.6 Å². The van der Waals surface area contributed by atoms with Gasteiger partial charge in [0.25, 0.3) is 0 Å². The Hall–Kier alpha value is 0.0100. The second-order valence-corrected chi connectivity index (χ2v) is 7.53. The normalized spacial score (nSPS) is 29.6. The Kier molecular flexibility index (Phi) is 6.24. The summed E-state index contributed by atoms with van der Waals surface area (Å²) in [5.74, 6) is 0. The first kappa shape index (κ1) is 15.4. The number of hydrogen-bond donors (Lipinski definition) is 1. The van der Waals surface area contributed by atoms with Gasteiger partial charge in [0.2, 0.25) is 0 Å². The first-order valence-corrected chi connectivity index (χ1v) is 9.10. The summed E-state index contributed by atoms with van der Waals surface area (Å²) in [6.07, 6.45) is 11.5. The third-order valence-corrected chi connectivity index (χ3v) is 5.63. The highest BCUT2D eigenvalue weighted by Gasteiger charge is 2.27. The van der Waals surface area contributed by atoms with Crippen molar-refractivity contribution >= 4 is 11.8 Å². The second-order valence-electron chi connectivity index (χ2n) is 6.39. The minimum Gasteiger partial charge on any atom is -0.311 e. The van der Waals surface area contributed by atoms with E-state index in [-0.39, 0.29) is 0 Å². The molecule has 0 aromatic carbocycles. The SMILES string of the molecule is CSC1CCC(NC2CCN(CC=C(C)C)CC2)C1. The lowest BCUT2D eigenvalue weighted by molar-refractivity contribution is 0.206. The molecule has 19 heavy (non-hydrogen) atoms. The lowest BCUT2D eigenvalue weighted by Crippen LogP contribution is -2.45. The van der Waals surface area contributed by atoms with Crippen LogP contribution in [0.2, 0.25) is 0 Å². The van der Waals surface area contributed by atoms with Crippen molar-refractivity contribution in [3.8, 4) is 0 Å². The van der Waals surface area contributed by atoms with E-state index in [4.69, 9.17) is 0 Å². The van der Waals surface area contributed by atoms with E-state index in [1.54, 1.807) is 0 Å². The highest BCUT2D eigenvalue weighted by Crippen LogP contribution is 2.29. The summed E-state index contributed by atoms with van der Waals surface area (Å²) in [6.45, 7) is 8.06. The molecule has 1 aliphatic heterocycles. The number of thioether (sulfide) groups is 1. The zero-order chi connectivity index (χ0) is 13.7. The molecule has 0 bridgehead atoms. The average Bonchev–Trinajstić information content (AvgIpc) is 2.85. The lowest BCUT2D eigenvalue weighted by atomic mass is 10.0. The molecule has 0 aromatic heterocycles. The van der Waals surface area contributed by atoms with E-state index >= 15 is 0 Å². The summed E-state index contributed by atoms with van der Waals surface area (Å²) < 4.78 is 0. The van der Waals surface area contributed by atoms with Crippen LogP contribution in [0.4, 0.5) is 0 Å². The summed E-state index contributed by atoms with van der Waals surface area (Å²) in [4.78, 5) is 2.59. The molecule has 2 rings (SSSR count). The van der Waals surface area contributed by atoms with E-state index in [0.29, 0.717) is 0 Å². The molecule has 1 N–H and O–H groups in total. The van der Waals surface area contributed by atoms with Crippen LogP contribution >= 0.6 is 11.8 Å². The van der Waals surface area contributed by atoms with Crippen LogP contribution in [0.25, 0.3) is 0 Å². The van der Waals surface area contributed by atoms with E-state index < -0.39 is 0 Å². The molecule has 0 spiro atoms. The molecule has 1 saturated heterocycles. The summed E-state index contributed by atoms with van der Waals surface area (Å²) >= 11 is 2.05. The standard InChI is InChI=1S/C16H30N2S/c1-13(2)6-9-18-10-7-14(8-11-18)17-15-4-5-16(12-15)19-3/h6,14-17H,4-5,7-12H2,1-3H3. The fourth-order valence-electron chi connectivity index (χ4n) is 3.23. The molecule has 0 amide bonds. The predicted octanol–water partition coefficient (Wildman–Crippen LogP) is 3.29. The van der Waals surface area contributed by atoms with Crippen LogP contribution in [-0.2, 0) is 0 Å². The molecule has 2 nitrogen and oxygen atoms in total. The van der Waals surface area contributed by atoms with Gasteiger partial charge in [0.05, 0.1) is 0 Å². The number of rotatable bonds is 5. The van der Waals surface area contributed by atoms with Gasteiger partial charge in [-0.15, -0.1) is 0 Å². The van der Waals surface area contributed by atoms with E-state index in [2.05, 4.69) is 48.2 Å². The number of nitrogens with zero attached hydrogens (tertiary/aromatic N) is 1. The number of likely N-dealkylation sites (tertiary alicyclic amines) is 1. The smallest absolute Gasteiger partial charge is 0.0165 e. The van der Waals surface area contributed by atoms with E-state index in [9.17, 15) is 0 Å². The maximum atomic E-state index is 3.91. The van der Waals surface area contributed by atoms with Crippen molar-refractivity contribution < 1.29 is 0 Å². The lowest BCUT2D eigenvalue weighted by Gasteiger charge is -2.33. The molecule has 110 valence electrons. The molecule has 2 fully saturated rings. The Morgan fingerprint density at radius 1 is 1.16 bits per heavy atom. The topological polar surface area (TPSA) is 15.3 Å². The van der Waals surface area contributed by atoms with Gasteiger partial charge in [0, 0.05) is 23.9 Å². The summed E-state index contributed by atoms with van der Waals surface area (Å²) in [6, 6.07) is 1.57. The van der Waals surface area contributed by atoms with Crippen molar-refractivity contribution in [3.63, 3.8) is 0 Å². The van der Waals surface area contributed by atoms with Gasteiger partial charge >= 0.3 is 0 Å². The van der Waals surface area contributed by atoms with E-state index in [0.717, 1.165) is 23.9 Å². The molecule has 1 saturated carbocycles. The first-order chi connectivity index (χ1) is 9.17. The van der Waals surface area contributed by atoms with Crippen LogP contribution in [0.5, 0.6) is 0 Å². The Labute approximate surface area is 123 Å². The van der Waals surface area contributed by atoms with E-state index in [1.807, 2.05) is 0 Å². The highest BCUT2D eigenvalue weighted by molar-refractivity contribution is 7.99. The molecule has 1 heterocycles. The van der Waals surface area contributed by atoms with Gasteiger partial charge in [-0.2, -0.15) is 11.8 Å². The van der Waals surface area contributed by atoms with Crippen LogP contribution in [0.1, 0.15) is 46.0 Å². The molecule has 0 aromatic rings. The monoisotopic (exact) mass is 282 g/mol.